The molecule has 0 saturated carbocycles. The first-order valence-corrected chi connectivity index (χ1v) is 7.29. The number of rotatable bonds is 10. The van der Waals surface area contributed by atoms with E-state index >= 15 is 0 Å². The molecule has 0 aliphatic rings. The van der Waals surface area contributed by atoms with Gasteiger partial charge in [0.05, 0.1) is 6.61 Å². The van der Waals surface area contributed by atoms with Gasteiger partial charge in [0, 0.05) is 6.04 Å². The maximum Gasteiger partial charge on any atom is 0.407 e. The zero-order valence-electron chi connectivity index (χ0n) is 12.5. The highest BCUT2D eigenvalue weighted by Crippen LogP contribution is 2.00. The molecule has 1 unspecified atom stereocenters. The van der Waals surface area contributed by atoms with Crippen molar-refractivity contribution in [1.29, 1.82) is 0 Å². The summed E-state index contributed by atoms with van der Waals surface area (Å²) in [5.41, 5.74) is 0. The maximum atomic E-state index is 11.4. The highest BCUT2D eigenvalue weighted by molar-refractivity contribution is 5.67. The van der Waals surface area contributed by atoms with Gasteiger partial charge in [-0.25, -0.2) is 4.79 Å². The predicted octanol–water partition coefficient (Wildman–Crippen LogP) is 3.02. The van der Waals surface area contributed by atoms with Crippen LogP contribution < -0.4 is 5.32 Å². The van der Waals surface area contributed by atoms with Crippen molar-refractivity contribution < 1.29 is 9.53 Å². The summed E-state index contributed by atoms with van der Waals surface area (Å²) in [6.07, 6.45) is 3.81. The summed E-state index contributed by atoms with van der Waals surface area (Å²) in [6, 6.07) is 0.190. The van der Waals surface area contributed by atoms with Crippen molar-refractivity contribution in [2.75, 3.05) is 26.2 Å². The second kappa shape index (κ2) is 11.3. The Morgan fingerprint density at radius 2 is 1.89 bits per heavy atom. The average molecular weight is 258 g/mol. The van der Waals surface area contributed by atoms with Crippen LogP contribution >= 0.6 is 0 Å². The smallest absolute Gasteiger partial charge is 0.407 e. The first kappa shape index (κ1) is 17.2. The fourth-order valence-corrected chi connectivity index (χ4v) is 1.79. The number of ether oxygens (including phenoxy) is 1. The van der Waals surface area contributed by atoms with Crippen LogP contribution in [0.5, 0.6) is 0 Å². The maximum absolute atomic E-state index is 11.4. The number of hydrogen-bond acceptors (Lipinski definition) is 3. The van der Waals surface area contributed by atoms with E-state index in [0.29, 0.717) is 6.61 Å². The summed E-state index contributed by atoms with van der Waals surface area (Å²) in [4.78, 5) is 13.8. The molecule has 0 bridgehead atoms. The van der Waals surface area contributed by atoms with Crippen LogP contribution in [0.25, 0.3) is 0 Å². The Morgan fingerprint density at radius 3 is 2.44 bits per heavy atom. The third kappa shape index (κ3) is 9.28. The number of alkyl carbamates (subject to hydrolysis) is 1. The molecule has 108 valence electrons. The Kier molecular flexibility index (Phi) is 10.8. The lowest BCUT2D eigenvalue weighted by Crippen LogP contribution is -2.34. The number of carbonyl (C=O) groups is 1. The van der Waals surface area contributed by atoms with E-state index in [2.05, 4.69) is 31.0 Å². The minimum Gasteiger partial charge on any atom is -0.450 e. The van der Waals surface area contributed by atoms with Crippen LogP contribution in [0.1, 0.15) is 53.4 Å². The Hall–Kier alpha value is -0.770. The number of hydrogen-bond donors (Lipinski definition) is 1. The first-order chi connectivity index (χ1) is 8.63. The summed E-state index contributed by atoms with van der Waals surface area (Å²) >= 11 is 0. The van der Waals surface area contributed by atoms with E-state index in [1.165, 1.54) is 0 Å². The van der Waals surface area contributed by atoms with E-state index in [1.54, 1.807) is 0 Å². The van der Waals surface area contributed by atoms with Gasteiger partial charge in [-0.3, -0.25) is 0 Å². The molecular weight excluding hydrogens is 228 g/mol. The van der Waals surface area contributed by atoms with Gasteiger partial charge < -0.3 is 15.0 Å². The second-order valence-electron chi connectivity index (χ2n) is 4.70. The molecule has 4 heteroatoms. The molecule has 0 rings (SSSR count). The van der Waals surface area contributed by atoms with Crippen molar-refractivity contribution in [2.45, 2.75) is 59.4 Å². The van der Waals surface area contributed by atoms with Crippen molar-refractivity contribution in [3.05, 3.63) is 0 Å². The summed E-state index contributed by atoms with van der Waals surface area (Å²) < 4.78 is 5.06. The van der Waals surface area contributed by atoms with Crippen LogP contribution in [0.15, 0.2) is 0 Å². The van der Waals surface area contributed by atoms with E-state index in [1.807, 2.05) is 6.92 Å². The Balaban J connectivity index is 3.57. The van der Waals surface area contributed by atoms with Gasteiger partial charge in [0.25, 0.3) is 0 Å². The average Bonchev–Trinajstić information content (AvgIpc) is 2.35. The highest BCUT2D eigenvalue weighted by atomic mass is 16.5. The molecule has 18 heavy (non-hydrogen) atoms. The third-order valence-electron chi connectivity index (χ3n) is 3.10. The molecular formula is C14H30N2O2. The van der Waals surface area contributed by atoms with Crippen molar-refractivity contribution in [3.63, 3.8) is 0 Å². The number of amides is 1. The van der Waals surface area contributed by atoms with Crippen molar-refractivity contribution in [1.82, 2.24) is 10.2 Å². The number of unbranched alkanes of at least 4 members (excludes halogenated alkanes) is 1. The van der Waals surface area contributed by atoms with Crippen LogP contribution in [0, 0.1) is 0 Å². The fraction of sp³-hybridized carbons (Fsp3) is 0.929. The zero-order chi connectivity index (χ0) is 13.8. The number of nitrogens with one attached hydrogen (secondary N) is 1. The Morgan fingerprint density at radius 1 is 1.22 bits per heavy atom. The number of nitrogens with zero attached hydrogens (tertiary/aromatic N) is 1. The van der Waals surface area contributed by atoms with Crippen LogP contribution in [0.3, 0.4) is 0 Å². The Bertz CT molecular complexity index is 206. The third-order valence-corrected chi connectivity index (χ3v) is 3.10. The molecule has 1 atom stereocenters. The summed E-state index contributed by atoms with van der Waals surface area (Å²) in [5, 5.41) is 2.87. The lowest BCUT2D eigenvalue weighted by atomic mass is 10.2. The minimum atomic E-state index is -0.279. The van der Waals surface area contributed by atoms with E-state index < -0.39 is 0 Å². The normalized spacial score (nSPS) is 12.5. The first-order valence-electron chi connectivity index (χ1n) is 7.29. The molecule has 0 radical (unpaired) electrons. The van der Waals surface area contributed by atoms with Crippen molar-refractivity contribution in [2.24, 2.45) is 0 Å². The molecule has 0 fully saturated rings. The molecule has 0 aliphatic heterocycles. The van der Waals surface area contributed by atoms with E-state index in [4.69, 9.17) is 4.74 Å². The van der Waals surface area contributed by atoms with Crippen LogP contribution in [-0.2, 0) is 4.74 Å². The SMILES string of the molecule is CCCCOC(=O)NC(C)CCCN(CC)CC. The largest absolute Gasteiger partial charge is 0.450 e. The highest BCUT2D eigenvalue weighted by Gasteiger charge is 2.08. The minimum absolute atomic E-state index is 0.190. The van der Waals surface area contributed by atoms with Gasteiger partial charge in [-0.15, -0.1) is 0 Å². The van der Waals surface area contributed by atoms with Gasteiger partial charge in [-0.2, -0.15) is 0 Å². The Labute approximate surface area is 112 Å². The lowest BCUT2D eigenvalue weighted by molar-refractivity contribution is 0.140. The molecule has 0 spiro atoms. The fourth-order valence-electron chi connectivity index (χ4n) is 1.79. The van der Waals surface area contributed by atoms with Gasteiger partial charge in [0.15, 0.2) is 0 Å². The van der Waals surface area contributed by atoms with E-state index in [9.17, 15) is 4.79 Å². The van der Waals surface area contributed by atoms with Gasteiger partial charge in [0.2, 0.25) is 0 Å². The molecule has 0 aromatic rings. The van der Waals surface area contributed by atoms with Crippen LogP contribution in [-0.4, -0.2) is 43.3 Å². The van der Waals surface area contributed by atoms with Crippen LogP contribution in [0.2, 0.25) is 0 Å². The monoisotopic (exact) mass is 258 g/mol. The quantitative estimate of drug-likeness (QED) is 0.612. The molecule has 1 amide bonds. The van der Waals surface area contributed by atoms with E-state index in [0.717, 1.165) is 45.3 Å². The summed E-state index contributed by atoms with van der Waals surface area (Å²) in [7, 11) is 0. The molecule has 0 aromatic carbocycles. The van der Waals surface area contributed by atoms with Gasteiger partial charge in [-0.05, 0) is 45.8 Å². The zero-order valence-corrected chi connectivity index (χ0v) is 12.5. The molecule has 0 heterocycles. The van der Waals surface area contributed by atoms with E-state index in [-0.39, 0.29) is 12.1 Å². The van der Waals surface area contributed by atoms with Crippen LogP contribution in [0.4, 0.5) is 4.79 Å². The summed E-state index contributed by atoms with van der Waals surface area (Å²) in [5.74, 6) is 0. The van der Waals surface area contributed by atoms with Gasteiger partial charge >= 0.3 is 6.09 Å². The molecule has 4 nitrogen and oxygen atoms in total. The predicted molar refractivity (Wildman–Crippen MR) is 75.9 cm³/mol. The molecule has 0 aromatic heterocycles. The topological polar surface area (TPSA) is 41.6 Å². The molecule has 1 N–H and O–H groups in total. The second-order valence-corrected chi connectivity index (χ2v) is 4.70. The van der Waals surface area contributed by atoms with Crippen molar-refractivity contribution >= 4 is 6.09 Å². The number of carbonyl (C=O) groups excluding carboxylic acids is 1. The standard InChI is InChI=1S/C14H30N2O2/c1-5-8-12-18-14(17)15-13(4)10-9-11-16(6-2)7-3/h13H,5-12H2,1-4H3,(H,15,17). The summed E-state index contributed by atoms with van der Waals surface area (Å²) in [6.45, 7) is 12.3. The van der Waals surface area contributed by atoms with Gasteiger partial charge in [0.1, 0.15) is 0 Å². The lowest BCUT2D eigenvalue weighted by Gasteiger charge is -2.19. The molecule has 0 saturated heterocycles. The van der Waals surface area contributed by atoms with Gasteiger partial charge in [-0.1, -0.05) is 27.2 Å². The van der Waals surface area contributed by atoms with Crippen molar-refractivity contribution in [3.8, 4) is 0 Å². The molecule has 0 aliphatic carbocycles.